The summed E-state index contributed by atoms with van der Waals surface area (Å²) in [6.45, 7) is 1.82. The molecule has 0 fully saturated rings. The highest BCUT2D eigenvalue weighted by Crippen LogP contribution is 2.19. The standard InChI is InChI=1S/C13H13F2NO/c1-8-2-3-13(17-8)12(16)6-9-4-10(14)7-11(15)5-9/h2-5,7,12H,6,16H2,1H3. The summed E-state index contributed by atoms with van der Waals surface area (Å²) < 4.78 is 31.3. The van der Waals surface area contributed by atoms with Gasteiger partial charge in [-0.15, -0.1) is 0 Å². The molecule has 0 aliphatic heterocycles. The molecule has 1 atom stereocenters. The van der Waals surface area contributed by atoms with Crippen LogP contribution in [0.5, 0.6) is 0 Å². The Morgan fingerprint density at radius 3 is 2.35 bits per heavy atom. The van der Waals surface area contributed by atoms with Crippen molar-refractivity contribution in [1.82, 2.24) is 0 Å². The lowest BCUT2D eigenvalue weighted by Gasteiger charge is -2.09. The van der Waals surface area contributed by atoms with Crippen molar-refractivity contribution in [3.05, 3.63) is 59.1 Å². The van der Waals surface area contributed by atoms with Crippen LogP contribution >= 0.6 is 0 Å². The molecule has 1 aromatic heterocycles. The van der Waals surface area contributed by atoms with Crippen molar-refractivity contribution in [2.24, 2.45) is 5.73 Å². The summed E-state index contributed by atoms with van der Waals surface area (Å²) in [5.74, 6) is 0.193. The summed E-state index contributed by atoms with van der Waals surface area (Å²) in [5.41, 5.74) is 6.42. The zero-order chi connectivity index (χ0) is 12.4. The molecule has 0 spiro atoms. The van der Waals surface area contributed by atoms with E-state index in [0.29, 0.717) is 17.7 Å². The number of benzene rings is 1. The number of halogens is 2. The molecule has 1 heterocycles. The highest BCUT2D eigenvalue weighted by Gasteiger charge is 2.12. The van der Waals surface area contributed by atoms with Crippen molar-refractivity contribution in [2.75, 3.05) is 0 Å². The fourth-order valence-corrected chi connectivity index (χ4v) is 1.74. The fraction of sp³-hybridized carbons (Fsp3) is 0.231. The lowest BCUT2D eigenvalue weighted by Crippen LogP contribution is -2.12. The van der Waals surface area contributed by atoms with Crippen LogP contribution in [-0.2, 0) is 6.42 Å². The van der Waals surface area contributed by atoms with Gasteiger partial charge in [0.1, 0.15) is 23.2 Å². The maximum Gasteiger partial charge on any atom is 0.126 e. The van der Waals surface area contributed by atoms with Crippen LogP contribution in [0.2, 0.25) is 0 Å². The molecular formula is C13H13F2NO. The smallest absolute Gasteiger partial charge is 0.126 e. The average molecular weight is 237 g/mol. The van der Waals surface area contributed by atoms with Gasteiger partial charge >= 0.3 is 0 Å². The molecule has 0 aliphatic rings. The largest absolute Gasteiger partial charge is 0.465 e. The molecule has 4 heteroatoms. The maximum absolute atomic E-state index is 13.0. The molecule has 0 bridgehead atoms. The Balaban J connectivity index is 2.15. The second kappa shape index (κ2) is 4.67. The summed E-state index contributed by atoms with van der Waals surface area (Å²) in [6, 6.07) is 6.57. The highest BCUT2D eigenvalue weighted by molar-refractivity contribution is 5.21. The van der Waals surface area contributed by atoms with E-state index in [1.54, 1.807) is 12.1 Å². The molecule has 90 valence electrons. The van der Waals surface area contributed by atoms with Crippen LogP contribution in [-0.4, -0.2) is 0 Å². The molecule has 2 N–H and O–H groups in total. The summed E-state index contributed by atoms with van der Waals surface area (Å²) in [5, 5.41) is 0. The first kappa shape index (κ1) is 11.8. The van der Waals surface area contributed by atoms with E-state index in [-0.39, 0.29) is 0 Å². The van der Waals surface area contributed by atoms with E-state index < -0.39 is 17.7 Å². The molecule has 0 radical (unpaired) electrons. The maximum atomic E-state index is 13.0. The van der Waals surface area contributed by atoms with Crippen LogP contribution < -0.4 is 5.73 Å². The summed E-state index contributed by atoms with van der Waals surface area (Å²) in [7, 11) is 0. The van der Waals surface area contributed by atoms with E-state index in [2.05, 4.69) is 0 Å². The van der Waals surface area contributed by atoms with Gasteiger partial charge in [0.05, 0.1) is 6.04 Å². The zero-order valence-corrected chi connectivity index (χ0v) is 9.41. The first-order valence-electron chi connectivity index (χ1n) is 5.31. The number of hydrogen-bond donors (Lipinski definition) is 1. The third-order valence-electron chi connectivity index (χ3n) is 2.50. The molecule has 0 saturated heterocycles. The van der Waals surface area contributed by atoms with Gasteiger partial charge in [-0.1, -0.05) is 0 Å². The Morgan fingerprint density at radius 2 is 1.82 bits per heavy atom. The van der Waals surface area contributed by atoms with Crippen molar-refractivity contribution in [1.29, 1.82) is 0 Å². The minimum Gasteiger partial charge on any atom is -0.465 e. The van der Waals surface area contributed by atoms with Gasteiger partial charge < -0.3 is 10.2 Å². The lowest BCUT2D eigenvalue weighted by molar-refractivity contribution is 0.444. The van der Waals surface area contributed by atoms with Gasteiger partial charge in [0.25, 0.3) is 0 Å². The first-order valence-corrected chi connectivity index (χ1v) is 5.31. The van der Waals surface area contributed by atoms with Gasteiger partial charge in [0.15, 0.2) is 0 Å². The molecular weight excluding hydrogens is 224 g/mol. The molecule has 0 amide bonds. The van der Waals surface area contributed by atoms with Gasteiger partial charge in [0.2, 0.25) is 0 Å². The number of rotatable bonds is 3. The van der Waals surface area contributed by atoms with Crippen LogP contribution in [0.4, 0.5) is 8.78 Å². The minimum atomic E-state index is -0.595. The normalized spacial score (nSPS) is 12.7. The SMILES string of the molecule is Cc1ccc(C(N)Cc2cc(F)cc(F)c2)o1. The van der Waals surface area contributed by atoms with Gasteiger partial charge in [-0.3, -0.25) is 0 Å². The first-order chi connectivity index (χ1) is 8.04. The molecule has 0 aliphatic carbocycles. The Labute approximate surface area is 98.0 Å². The number of hydrogen-bond acceptors (Lipinski definition) is 2. The van der Waals surface area contributed by atoms with E-state index >= 15 is 0 Å². The van der Waals surface area contributed by atoms with E-state index in [1.165, 1.54) is 12.1 Å². The third-order valence-corrected chi connectivity index (χ3v) is 2.50. The topological polar surface area (TPSA) is 39.2 Å². The van der Waals surface area contributed by atoms with Crippen molar-refractivity contribution < 1.29 is 13.2 Å². The van der Waals surface area contributed by atoms with Crippen LogP contribution in [0, 0.1) is 18.6 Å². The van der Waals surface area contributed by atoms with Crippen LogP contribution in [0.3, 0.4) is 0 Å². The van der Waals surface area contributed by atoms with E-state index in [4.69, 9.17) is 10.2 Å². The van der Waals surface area contributed by atoms with Crippen molar-refractivity contribution in [3.63, 3.8) is 0 Å². The van der Waals surface area contributed by atoms with Gasteiger partial charge in [-0.25, -0.2) is 8.78 Å². The van der Waals surface area contributed by atoms with Crippen LogP contribution in [0.15, 0.2) is 34.7 Å². The quantitative estimate of drug-likeness (QED) is 0.890. The Morgan fingerprint density at radius 1 is 1.18 bits per heavy atom. The zero-order valence-electron chi connectivity index (χ0n) is 9.41. The number of furan rings is 1. The minimum absolute atomic E-state index is 0.335. The van der Waals surface area contributed by atoms with E-state index in [0.717, 1.165) is 11.8 Å². The second-order valence-corrected chi connectivity index (χ2v) is 4.04. The van der Waals surface area contributed by atoms with Gasteiger partial charge in [-0.05, 0) is 43.2 Å². The molecule has 2 rings (SSSR count). The third kappa shape index (κ3) is 2.91. The molecule has 2 nitrogen and oxygen atoms in total. The molecule has 1 aromatic carbocycles. The van der Waals surface area contributed by atoms with E-state index in [9.17, 15) is 8.78 Å². The summed E-state index contributed by atoms with van der Waals surface area (Å²) in [6.07, 6.45) is 0.335. The molecule has 1 unspecified atom stereocenters. The van der Waals surface area contributed by atoms with E-state index in [1.807, 2.05) is 6.92 Å². The molecule has 0 saturated carbocycles. The predicted octanol–water partition coefficient (Wildman–Crippen LogP) is 3.11. The lowest BCUT2D eigenvalue weighted by atomic mass is 10.0. The van der Waals surface area contributed by atoms with Gasteiger partial charge in [0, 0.05) is 6.07 Å². The fourth-order valence-electron chi connectivity index (χ4n) is 1.74. The predicted molar refractivity (Wildman–Crippen MR) is 60.4 cm³/mol. The Hall–Kier alpha value is -1.68. The Kier molecular flexibility index (Phi) is 3.24. The van der Waals surface area contributed by atoms with Crippen LogP contribution in [0.25, 0.3) is 0 Å². The monoisotopic (exact) mass is 237 g/mol. The molecule has 2 aromatic rings. The average Bonchev–Trinajstić information content (AvgIpc) is 2.63. The molecule has 17 heavy (non-hydrogen) atoms. The Bertz CT molecular complexity index is 502. The van der Waals surface area contributed by atoms with Crippen molar-refractivity contribution in [3.8, 4) is 0 Å². The summed E-state index contributed by atoms with van der Waals surface area (Å²) in [4.78, 5) is 0. The van der Waals surface area contributed by atoms with Gasteiger partial charge in [-0.2, -0.15) is 0 Å². The van der Waals surface area contributed by atoms with Crippen LogP contribution in [0.1, 0.15) is 23.1 Å². The van der Waals surface area contributed by atoms with Crippen molar-refractivity contribution in [2.45, 2.75) is 19.4 Å². The highest BCUT2D eigenvalue weighted by atomic mass is 19.1. The second-order valence-electron chi connectivity index (χ2n) is 4.04. The number of aryl methyl sites for hydroxylation is 1. The number of nitrogens with two attached hydrogens (primary N) is 1. The van der Waals surface area contributed by atoms with Crippen molar-refractivity contribution >= 4 is 0 Å². The summed E-state index contributed by atoms with van der Waals surface area (Å²) >= 11 is 0.